The van der Waals surface area contributed by atoms with Gasteiger partial charge in [-0.05, 0) is 29.7 Å². The smallest absolute Gasteiger partial charge is 0.329 e. The number of nitrogens with zero attached hydrogens (tertiary/aromatic N) is 3. The molecule has 29 heavy (non-hydrogen) atoms. The molecule has 0 spiro atoms. The van der Waals surface area contributed by atoms with Crippen molar-refractivity contribution in [3.05, 3.63) is 48.3 Å². The van der Waals surface area contributed by atoms with Crippen molar-refractivity contribution in [2.24, 2.45) is 0 Å². The molecule has 0 bridgehead atoms. The van der Waals surface area contributed by atoms with Gasteiger partial charge < -0.3 is 16.0 Å². The van der Waals surface area contributed by atoms with Crippen molar-refractivity contribution in [3.63, 3.8) is 0 Å². The van der Waals surface area contributed by atoms with Crippen molar-refractivity contribution in [1.29, 1.82) is 0 Å². The summed E-state index contributed by atoms with van der Waals surface area (Å²) in [5.41, 5.74) is 1.61. The van der Waals surface area contributed by atoms with Crippen LogP contribution < -0.4 is 20.9 Å². The van der Waals surface area contributed by atoms with Gasteiger partial charge in [-0.15, -0.1) is 0 Å². The fourth-order valence-corrected chi connectivity index (χ4v) is 2.95. The largest absolute Gasteiger partial charge is 0.354 e. The summed E-state index contributed by atoms with van der Waals surface area (Å²) in [7, 11) is 0. The number of imide groups is 1. The molecule has 1 saturated heterocycles. The molecular weight excluding hydrogens is 372 g/mol. The van der Waals surface area contributed by atoms with E-state index >= 15 is 0 Å². The first-order valence-corrected chi connectivity index (χ1v) is 9.47. The third-order valence-electron chi connectivity index (χ3n) is 4.52. The Balaban J connectivity index is 1.49. The maximum atomic E-state index is 12.6. The lowest BCUT2D eigenvalue weighted by molar-refractivity contribution is -0.125. The van der Waals surface area contributed by atoms with Crippen LogP contribution in [0.5, 0.6) is 0 Å². The molecule has 1 aromatic carbocycles. The summed E-state index contributed by atoms with van der Waals surface area (Å²) in [6, 6.07) is 7.58. The van der Waals surface area contributed by atoms with Gasteiger partial charge in [0, 0.05) is 25.5 Å². The molecule has 2 aromatic rings. The van der Waals surface area contributed by atoms with Gasteiger partial charge >= 0.3 is 6.03 Å². The number of amides is 4. The van der Waals surface area contributed by atoms with Gasteiger partial charge in [-0.1, -0.05) is 26.0 Å². The Hall–Kier alpha value is -3.49. The molecule has 0 saturated carbocycles. The number of carbonyl (C=O) groups is 3. The van der Waals surface area contributed by atoms with Gasteiger partial charge in [0.25, 0.3) is 5.91 Å². The number of benzene rings is 1. The van der Waals surface area contributed by atoms with Crippen molar-refractivity contribution in [3.8, 4) is 0 Å². The monoisotopic (exact) mass is 396 g/mol. The highest BCUT2D eigenvalue weighted by molar-refractivity contribution is 6.22. The second kappa shape index (κ2) is 9.13. The molecule has 9 nitrogen and oxygen atoms in total. The highest BCUT2D eigenvalue weighted by atomic mass is 16.2. The molecule has 152 valence electrons. The number of hydrogen-bond acceptors (Lipinski definition) is 6. The molecule has 4 amide bonds. The number of urea groups is 1. The third kappa shape index (κ3) is 5.07. The number of rotatable bonds is 8. The Bertz CT molecular complexity index is 870. The summed E-state index contributed by atoms with van der Waals surface area (Å²) < 4.78 is 0. The van der Waals surface area contributed by atoms with Crippen LogP contribution in [-0.2, 0) is 9.59 Å². The van der Waals surface area contributed by atoms with Gasteiger partial charge in [0.15, 0.2) is 0 Å². The Kier molecular flexibility index (Phi) is 6.38. The van der Waals surface area contributed by atoms with Crippen molar-refractivity contribution < 1.29 is 14.4 Å². The molecule has 9 heteroatoms. The summed E-state index contributed by atoms with van der Waals surface area (Å²) in [4.78, 5) is 46.1. The molecule has 1 aromatic heterocycles. The predicted molar refractivity (Wildman–Crippen MR) is 108 cm³/mol. The average Bonchev–Trinajstić information content (AvgIpc) is 2.99. The topological polar surface area (TPSA) is 116 Å². The molecule has 0 aliphatic carbocycles. The minimum atomic E-state index is -0.877. The molecule has 2 heterocycles. The first-order chi connectivity index (χ1) is 14.0. The minimum absolute atomic E-state index is 0.118. The number of aromatic nitrogens is 2. The molecule has 1 atom stereocenters. The first kappa shape index (κ1) is 20.2. The Morgan fingerprint density at radius 2 is 1.83 bits per heavy atom. The third-order valence-corrected chi connectivity index (χ3v) is 4.52. The number of nitrogens with one attached hydrogen (secondary N) is 3. The van der Waals surface area contributed by atoms with Crippen LogP contribution in [0.4, 0.5) is 16.4 Å². The summed E-state index contributed by atoms with van der Waals surface area (Å²) in [6.45, 7) is 4.92. The van der Waals surface area contributed by atoms with Crippen molar-refractivity contribution in [2.45, 2.75) is 32.2 Å². The quantitative estimate of drug-likeness (QED) is 0.461. The highest BCUT2D eigenvalue weighted by Gasteiger charge is 2.39. The maximum absolute atomic E-state index is 12.6. The van der Waals surface area contributed by atoms with Gasteiger partial charge in [-0.3, -0.25) is 9.59 Å². The normalized spacial score (nSPS) is 16.1. The molecular formula is C20H24N6O3. The lowest BCUT2D eigenvalue weighted by Crippen LogP contribution is -2.38. The highest BCUT2D eigenvalue weighted by Crippen LogP contribution is 2.23. The maximum Gasteiger partial charge on any atom is 0.329 e. The first-order valence-electron chi connectivity index (χ1n) is 9.47. The second-order valence-electron chi connectivity index (χ2n) is 6.98. The van der Waals surface area contributed by atoms with Crippen LogP contribution in [-0.4, -0.2) is 46.9 Å². The van der Waals surface area contributed by atoms with Gasteiger partial charge in [-0.2, -0.15) is 0 Å². The minimum Gasteiger partial charge on any atom is -0.354 e. The lowest BCUT2D eigenvalue weighted by Gasteiger charge is -2.14. The van der Waals surface area contributed by atoms with Gasteiger partial charge in [-0.25, -0.2) is 19.7 Å². The van der Waals surface area contributed by atoms with Crippen molar-refractivity contribution in [1.82, 2.24) is 20.6 Å². The number of carbonyl (C=O) groups excluding carboxylic acids is 3. The van der Waals surface area contributed by atoms with Crippen LogP contribution in [0.25, 0.3) is 0 Å². The van der Waals surface area contributed by atoms with E-state index in [0.717, 1.165) is 10.5 Å². The Morgan fingerprint density at radius 1 is 1.14 bits per heavy atom. The van der Waals surface area contributed by atoms with E-state index in [2.05, 4.69) is 39.8 Å². The van der Waals surface area contributed by atoms with Gasteiger partial charge in [0.1, 0.15) is 6.04 Å². The molecule has 1 aliphatic rings. The fourth-order valence-electron chi connectivity index (χ4n) is 2.95. The van der Waals surface area contributed by atoms with Crippen LogP contribution >= 0.6 is 0 Å². The Labute approximate surface area is 168 Å². The SMILES string of the molecule is CC(C)c1ccc(N2C(=O)N[C@@H](CC(=O)NCCNc3ncccn3)C2=O)cc1. The summed E-state index contributed by atoms with van der Waals surface area (Å²) in [5.74, 6) is 0.0698. The van der Waals surface area contributed by atoms with Crippen molar-refractivity contribution in [2.75, 3.05) is 23.3 Å². The van der Waals surface area contributed by atoms with E-state index in [-0.39, 0.29) is 12.3 Å². The van der Waals surface area contributed by atoms with Crippen LogP contribution in [0.3, 0.4) is 0 Å². The van der Waals surface area contributed by atoms with Gasteiger partial charge in [0.05, 0.1) is 12.1 Å². The van der Waals surface area contributed by atoms with Crippen LogP contribution in [0.2, 0.25) is 0 Å². The molecule has 1 aliphatic heterocycles. The van der Waals surface area contributed by atoms with E-state index in [1.807, 2.05) is 12.1 Å². The molecule has 1 fully saturated rings. The van der Waals surface area contributed by atoms with E-state index < -0.39 is 18.0 Å². The van der Waals surface area contributed by atoms with E-state index in [1.54, 1.807) is 30.6 Å². The zero-order valence-corrected chi connectivity index (χ0v) is 16.4. The standard InChI is InChI=1S/C20H24N6O3/c1-13(2)14-4-6-15(7-5-14)26-18(28)16(25-20(26)29)12-17(27)21-10-11-24-19-22-8-3-9-23-19/h3-9,13,16H,10-12H2,1-2H3,(H,21,27)(H,25,29)(H,22,23,24)/t16-/m0/s1. The number of hydrogen-bond donors (Lipinski definition) is 3. The predicted octanol–water partition coefficient (Wildman–Crippen LogP) is 1.64. The molecule has 3 N–H and O–H groups in total. The van der Waals surface area contributed by atoms with E-state index in [4.69, 9.17) is 0 Å². The zero-order valence-electron chi connectivity index (χ0n) is 16.4. The van der Waals surface area contributed by atoms with Crippen LogP contribution in [0, 0.1) is 0 Å². The zero-order chi connectivity index (χ0) is 20.8. The molecule has 3 rings (SSSR count). The number of anilines is 2. The van der Waals surface area contributed by atoms with Crippen molar-refractivity contribution >= 4 is 29.5 Å². The summed E-state index contributed by atoms with van der Waals surface area (Å²) in [5, 5.41) is 8.26. The van der Waals surface area contributed by atoms with Crippen LogP contribution in [0.1, 0.15) is 31.7 Å². The summed E-state index contributed by atoms with van der Waals surface area (Å²) >= 11 is 0. The average molecular weight is 396 g/mol. The second-order valence-corrected chi connectivity index (χ2v) is 6.98. The lowest BCUT2D eigenvalue weighted by atomic mass is 10.0. The van der Waals surface area contributed by atoms with E-state index in [0.29, 0.717) is 30.6 Å². The summed E-state index contributed by atoms with van der Waals surface area (Å²) in [6.07, 6.45) is 3.11. The van der Waals surface area contributed by atoms with E-state index in [1.165, 1.54) is 0 Å². The fraction of sp³-hybridized carbons (Fsp3) is 0.350. The molecule has 0 radical (unpaired) electrons. The Morgan fingerprint density at radius 3 is 2.48 bits per heavy atom. The van der Waals surface area contributed by atoms with Crippen LogP contribution in [0.15, 0.2) is 42.7 Å². The molecule has 0 unspecified atom stereocenters. The van der Waals surface area contributed by atoms with E-state index in [9.17, 15) is 14.4 Å². The van der Waals surface area contributed by atoms with Gasteiger partial charge in [0.2, 0.25) is 11.9 Å².